The zero-order valence-electron chi connectivity index (χ0n) is 10.6. The standard InChI is InChI=1S/C16H17F/c1-5-12-9-13-7-8-15(17)11(4)16(13)10(3)14(12)6-2/h6-9H,2,5H2,1,3-4H3. The fraction of sp³-hybridized carbons (Fsp3) is 0.250. The van der Waals surface area contributed by atoms with E-state index in [0.717, 1.165) is 33.9 Å². The Bertz CT molecular complexity index is 594. The minimum absolute atomic E-state index is 0.139. The number of halogens is 1. The maximum Gasteiger partial charge on any atom is 0.126 e. The van der Waals surface area contributed by atoms with Gasteiger partial charge in [-0.3, -0.25) is 0 Å². The van der Waals surface area contributed by atoms with Crippen LogP contribution >= 0.6 is 0 Å². The fourth-order valence-corrected chi connectivity index (χ4v) is 2.54. The van der Waals surface area contributed by atoms with Crippen LogP contribution in [0.15, 0.2) is 24.8 Å². The summed E-state index contributed by atoms with van der Waals surface area (Å²) in [6, 6.07) is 5.55. The molecule has 0 fully saturated rings. The smallest absolute Gasteiger partial charge is 0.126 e. The second-order valence-corrected chi connectivity index (χ2v) is 4.40. The lowest BCUT2D eigenvalue weighted by Gasteiger charge is -2.14. The third-order valence-corrected chi connectivity index (χ3v) is 3.47. The summed E-state index contributed by atoms with van der Waals surface area (Å²) >= 11 is 0. The fourth-order valence-electron chi connectivity index (χ4n) is 2.54. The molecule has 0 unspecified atom stereocenters. The van der Waals surface area contributed by atoms with Gasteiger partial charge in [0, 0.05) is 0 Å². The van der Waals surface area contributed by atoms with Crippen LogP contribution in [0.4, 0.5) is 4.39 Å². The van der Waals surface area contributed by atoms with Gasteiger partial charge in [0.15, 0.2) is 0 Å². The lowest BCUT2D eigenvalue weighted by Crippen LogP contribution is -1.95. The summed E-state index contributed by atoms with van der Waals surface area (Å²) in [7, 11) is 0. The van der Waals surface area contributed by atoms with Crippen LogP contribution in [0.3, 0.4) is 0 Å². The molecule has 0 bridgehead atoms. The summed E-state index contributed by atoms with van der Waals surface area (Å²) in [5, 5.41) is 2.14. The van der Waals surface area contributed by atoms with E-state index in [2.05, 4.69) is 19.6 Å². The Labute approximate surface area is 102 Å². The third kappa shape index (κ3) is 1.76. The summed E-state index contributed by atoms with van der Waals surface area (Å²) in [5.41, 5.74) is 4.28. The van der Waals surface area contributed by atoms with Crippen LogP contribution in [0.1, 0.15) is 29.2 Å². The van der Waals surface area contributed by atoms with Gasteiger partial charge in [-0.1, -0.05) is 31.7 Å². The van der Waals surface area contributed by atoms with Crippen molar-refractivity contribution in [3.05, 3.63) is 52.8 Å². The van der Waals surface area contributed by atoms with Crippen molar-refractivity contribution >= 4 is 16.8 Å². The van der Waals surface area contributed by atoms with Gasteiger partial charge in [-0.25, -0.2) is 4.39 Å². The molecule has 0 saturated carbocycles. The highest BCUT2D eigenvalue weighted by Gasteiger charge is 2.11. The summed E-state index contributed by atoms with van der Waals surface area (Å²) in [6.45, 7) is 9.88. The molecule has 0 nitrogen and oxygen atoms in total. The molecule has 0 amide bonds. The Morgan fingerprint density at radius 1 is 1.24 bits per heavy atom. The Kier molecular flexibility index (Phi) is 3.01. The van der Waals surface area contributed by atoms with Crippen LogP contribution in [0, 0.1) is 19.7 Å². The second kappa shape index (κ2) is 4.33. The SMILES string of the molecule is C=Cc1c(CC)cc2ccc(F)c(C)c2c1C. The molecule has 0 atom stereocenters. The van der Waals surface area contributed by atoms with E-state index in [-0.39, 0.29) is 5.82 Å². The topological polar surface area (TPSA) is 0 Å². The van der Waals surface area contributed by atoms with E-state index >= 15 is 0 Å². The van der Waals surface area contributed by atoms with Crippen molar-refractivity contribution in [3.8, 4) is 0 Å². The first-order chi connectivity index (χ1) is 8.10. The molecule has 0 saturated heterocycles. The van der Waals surface area contributed by atoms with E-state index < -0.39 is 0 Å². The zero-order valence-corrected chi connectivity index (χ0v) is 10.6. The maximum atomic E-state index is 13.6. The monoisotopic (exact) mass is 228 g/mol. The molecule has 0 aromatic heterocycles. The van der Waals surface area contributed by atoms with Crippen molar-refractivity contribution in [1.29, 1.82) is 0 Å². The molecule has 0 spiro atoms. The van der Waals surface area contributed by atoms with Gasteiger partial charge in [-0.2, -0.15) is 0 Å². The van der Waals surface area contributed by atoms with E-state index in [4.69, 9.17) is 0 Å². The van der Waals surface area contributed by atoms with Crippen LogP contribution in [0.2, 0.25) is 0 Å². The van der Waals surface area contributed by atoms with Crippen LogP contribution in [0.5, 0.6) is 0 Å². The van der Waals surface area contributed by atoms with Crippen molar-refractivity contribution in [3.63, 3.8) is 0 Å². The summed E-state index contributed by atoms with van der Waals surface area (Å²) in [5.74, 6) is -0.139. The average molecular weight is 228 g/mol. The van der Waals surface area contributed by atoms with Crippen molar-refractivity contribution in [1.82, 2.24) is 0 Å². The number of fused-ring (bicyclic) bond motifs is 1. The van der Waals surface area contributed by atoms with Gasteiger partial charge in [0.1, 0.15) is 5.82 Å². The molecule has 2 aromatic carbocycles. The molecule has 0 aliphatic heterocycles. The summed E-state index contributed by atoms with van der Waals surface area (Å²) < 4.78 is 13.6. The Morgan fingerprint density at radius 3 is 2.53 bits per heavy atom. The third-order valence-electron chi connectivity index (χ3n) is 3.47. The lowest BCUT2D eigenvalue weighted by atomic mass is 9.91. The summed E-state index contributed by atoms with van der Waals surface area (Å²) in [6.07, 6.45) is 2.84. The van der Waals surface area contributed by atoms with Gasteiger partial charge in [0.25, 0.3) is 0 Å². The summed E-state index contributed by atoms with van der Waals surface area (Å²) in [4.78, 5) is 0. The van der Waals surface area contributed by atoms with Gasteiger partial charge in [-0.05, 0) is 59.4 Å². The van der Waals surface area contributed by atoms with E-state index in [1.165, 1.54) is 5.56 Å². The first-order valence-corrected chi connectivity index (χ1v) is 5.93. The van der Waals surface area contributed by atoms with Crippen molar-refractivity contribution in [2.24, 2.45) is 0 Å². The zero-order chi connectivity index (χ0) is 12.6. The van der Waals surface area contributed by atoms with Gasteiger partial charge in [0.2, 0.25) is 0 Å². The largest absolute Gasteiger partial charge is 0.207 e. The highest BCUT2D eigenvalue weighted by Crippen LogP contribution is 2.30. The molecule has 17 heavy (non-hydrogen) atoms. The molecule has 0 radical (unpaired) electrons. The normalized spacial score (nSPS) is 10.8. The molecule has 2 aromatic rings. The molecule has 0 heterocycles. The number of benzene rings is 2. The highest BCUT2D eigenvalue weighted by molar-refractivity contribution is 5.92. The molecular weight excluding hydrogens is 211 g/mol. The number of hydrogen-bond acceptors (Lipinski definition) is 0. The van der Waals surface area contributed by atoms with E-state index in [9.17, 15) is 4.39 Å². The van der Waals surface area contributed by atoms with Crippen LogP contribution < -0.4 is 0 Å². The highest BCUT2D eigenvalue weighted by atomic mass is 19.1. The second-order valence-electron chi connectivity index (χ2n) is 4.40. The maximum absolute atomic E-state index is 13.6. The number of rotatable bonds is 2. The molecule has 0 N–H and O–H groups in total. The Balaban J connectivity index is 2.96. The van der Waals surface area contributed by atoms with Gasteiger partial charge in [0.05, 0.1) is 0 Å². The van der Waals surface area contributed by atoms with Crippen LogP contribution in [-0.4, -0.2) is 0 Å². The van der Waals surface area contributed by atoms with Gasteiger partial charge >= 0.3 is 0 Å². The predicted molar refractivity (Wildman–Crippen MR) is 72.8 cm³/mol. The number of hydrogen-bond donors (Lipinski definition) is 0. The van der Waals surface area contributed by atoms with Gasteiger partial charge < -0.3 is 0 Å². The lowest BCUT2D eigenvalue weighted by molar-refractivity contribution is 0.621. The van der Waals surface area contributed by atoms with Crippen LogP contribution in [-0.2, 0) is 6.42 Å². The minimum Gasteiger partial charge on any atom is -0.207 e. The van der Waals surface area contributed by atoms with E-state index in [1.807, 2.05) is 26.0 Å². The minimum atomic E-state index is -0.139. The van der Waals surface area contributed by atoms with Crippen molar-refractivity contribution in [2.75, 3.05) is 0 Å². The molecule has 88 valence electrons. The first kappa shape index (κ1) is 11.8. The number of aryl methyl sites for hydroxylation is 3. The van der Waals surface area contributed by atoms with E-state index in [1.54, 1.807) is 6.07 Å². The van der Waals surface area contributed by atoms with E-state index in [0.29, 0.717) is 0 Å². The Hall–Kier alpha value is -1.63. The van der Waals surface area contributed by atoms with Crippen LogP contribution in [0.25, 0.3) is 16.8 Å². The first-order valence-electron chi connectivity index (χ1n) is 5.93. The molecule has 0 aliphatic carbocycles. The quantitative estimate of drug-likeness (QED) is 0.692. The molecule has 1 heteroatoms. The molecule has 0 aliphatic rings. The molecular formula is C16H17F. The predicted octanol–water partition coefficient (Wildman–Crippen LogP) is 4.80. The van der Waals surface area contributed by atoms with Crippen molar-refractivity contribution < 1.29 is 4.39 Å². The van der Waals surface area contributed by atoms with Gasteiger partial charge in [-0.15, -0.1) is 0 Å². The van der Waals surface area contributed by atoms with Crippen molar-refractivity contribution in [2.45, 2.75) is 27.2 Å². The molecule has 2 rings (SSSR count). The average Bonchev–Trinajstić information content (AvgIpc) is 2.33. The Morgan fingerprint density at radius 2 is 1.94 bits per heavy atom.